The molecule has 34 heavy (non-hydrogen) atoms. The second-order valence-corrected chi connectivity index (χ2v) is 13.1. The first kappa shape index (κ1) is 26.5. The summed E-state index contributed by atoms with van der Waals surface area (Å²) < 4.78 is 6.67. The summed E-state index contributed by atoms with van der Waals surface area (Å²) in [6.45, 7) is 12.9. The van der Waals surface area contributed by atoms with Crippen LogP contribution in [0.3, 0.4) is 0 Å². The van der Waals surface area contributed by atoms with Gasteiger partial charge in [0.2, 0.25) is 0 Å². The van der Waals surface area contributed by atoms with Gasteiger partial charge in [0, 0.05) is 18.8 Å². The number of Topliss-reactive ketones (excluding diaryl/α,β-unsaturated/α-hetero) is 1. The third-order valence-corrected chi connectivity index (χ3v) is 11.0. The van der Waals surface area contributed by atoms with Gasteiger partial charge in [-0.1, -0.05) is 41.5 Å². The van der Waals surface area contributed by atoms with Crippen LogP contribution in [0.5, 0.6) is 0 Å². The molecule has 0 bridgehead atoms. The minimum Gasteiger partial charge on any atom is -0.390 e. The number of hydrogen-bond acceptors (Lipinski definition) is 6. The molecule has 1 saturated heterocycles. The fraction of sp³-hybridized carbons (Fsp3) is 0.964. The number of ketones is 1. The Morgan fingerprint density at radius 2 is 1.68 bits per heavy atom. The highest BCUT2D eigenvalue weighted by Crippen LogP contribution is 2.64. The molecule has 4 fully saturated rings. The maximum absolute atomic E-state index is 12.5. The molecule has 196 valence electrons. The average molecular weight is 481 g/mol. The predicted molar refractivity (Wildman–Crippen MR) is 130 cm³/mol. The van der Waals surface area contributed by atoms with Crippen LogP contribution < -0.4 is 0 Å². The van der Waals surface area contributed by atoms with Crippen LogP contribution >= 0.6 is 0 Å². The second kappa shape index (κ2) is 9.74. The van der Waals surface area contributed by atoms with Crippen LogP contribution in [0.1, 0.15) is 73.6 Å². The molecule has 3 saturated carbocycles. The molecule has 0 aromatic rings. The van der Waals surface area contributed by atoms with Crippen LogP contribution in [-0.4, -0.2) is 63.3 Å². The van der Waals surface area contributed by atoms with E-state index in [2.05, 4.69) is 27.7 Å². The minimum absolute atomic E-state index is 0.0153. The van der Waals surface area contributed by atoms with Gasteiger partial charge in [-0.05, 0) is 72.0 Å². The van der Waals surface area contributed by atoms with Crippen molar-refractivity contribution >= 4 is 5.78 Å². The van der Waals surface area contributed by atoms with Gasteiger partial charge in [0.1, 0.15) is 5.78 Å². The molecule has 6 heteroatoms. The zero-order chi connectivity index (χ0) is 25.1. The monoisotopic (exact) mass is 480 g/mol. The number of carbonyl (C=O) groups is 1. The van der Waals surface area contributed by atoms with E-state index in [1.807, 2.05) is 13.8 Å². The van der Waals surface area contributed by atoms with Crippen LogP contribution in [-0.2, 0) is 9.53 Å². The first-order valence-corrected chi connectivity index (χ1v) is 13.8. The Balaban J connectivity index is 1.76. The van der Waals surface area contributed by atoms with Crippen molar-refractivity contribution in [3.05, 3.63) is 0 Å². The SMILES string of the molecule is CC(C)[C@@H](C)[C@@H](O)[C@H](O)[C@H](C)[C@@H]1OC[C@H]2CCC(=O)CC2C2C1[C@@]1(C)CC[C@@H](C)C1[C@@H](O)[C@H]2O. The smallest absolute Gasteiger partial charge is 0.133 e. The van der Waals surface area contributed by atoms with E-state index in [0.29, 0.717) is 19.4 Å². The third kappa shape index (κ3) is 4.19. The number of aliphatic hydroxyl groups excluding tert-OH is 4. The van der Waals surface area contributed by atoms with E-state index in [1.54, 1.807) is 0 Å². The molecular formula is C28H48O6. The average Bonchev–Trinajstić information content (AvgIpc) is 3.00. The molecule has 6 nitrogen and oxygen atoms in total. The molecule has 0 aromatic heterocycles. The number of rotatable bonds is 5. The summed E-state index contributed by atoms with van der Waals surface area (Å²) in [4.78, 5) is 12.5. The number of carbonyl (C=O) groups excluding carboxylic acids is 1. The van der Waals surface area contributed by atoms with Gasteiger partial charge in [0.25, 0.3) is 0 Å². The van der Waals surface area contributed by atoms with Gasteiger partial charge >= 0.3 is 0 Å². The molecule has 0 radical (unpaired) electrons. The first-order chi connectivity index (χ1) is 15.9. The lowest BCUT2D eigenvalue weighted by molar-refractivity contribution is -0.208. The molecule has 1 aliphatic heterocycles. The lowest BCUT2D eigenvalue weighted by Gasteiger charge is -2.58. The van der Waals surface area contributed by atoms with Crippen LogP contribution in [0.25, 0.3) is 0 Å². The summed E-state index contributed by atoms with van der Waals surface area (Å²) in [5.41, 5.74) is -0.259. The zero-order valence-corrected chi connectivity index (χ0v) is 21.9. The highest BCUT2D eigenvalue weighted by Gasteiger charge is 2.65. The van der Waals surface area contributed by atoms with E-state index in [0.717, 1.165) is 19.3 Å². The van der Waals surface area contributed by atoms with Gasteiger partial charge in [-0.3, -0.25) is 4.79 Å². The van der Waals surface area contributed by atoms with Gasteiger partial charge in [-0.15, -0.1) is 0 Å². The molecule has 4 unspecified atom stereocenters. The van der Waals surface area contributed by atoms with E-state index < -0.39 is 24.4 Å². The molecule has 3 aliphatic carbocycles. The van der Waals surface area contributed by atoms with Crippen molar-refractivity contribution in [2.24, 2.45) is 58.7 Å². The molecule has 4 N–H and O–H groups in total. The molecule has 0 aromatic carbocycles. The standard InChI is InChI=1S/C28H48O6/c1-13(2)15(4)23(30)24(31)16(5)27-22-20(19-11-18(29)8-7-17(19)12-34-27)25(32)26(33)21-14(3)9-10-28(21,22)6/h13-17,19-27,30-33H,7-12H2,1-6H3/t14-,15-,16+,17-,19?,20?,21?,22?,23-,24-,25+,26-,27+,28+/m1/s1. The lowest BCUT2D eigenvalue weighted by Crippen LogP contribution is -2.63. The molecule has 14 atom stereocenters. The van der Waals surface area contributed by atoms with Crippen LogP contribution in [0.2, 0.25) is 0 Å². The Hall–Kier alpha value is -0.530. The van der Waals surface area contributed by atoms with Crippen LogP contribution in [0.15, 0.2) is 0 Å². The molecule has 0 amide bonds. The summed E-state index contributed by atoms with van der Waals surface area (Å²) in [5.74, 6) is 0.121. The van der Waals surface area contributed by atoms with Crippen LogP contribution in [0.4, 0.5) is 0 Å². The summed E-state index contributed by atoms with van der Waals surface area (Å²) >= 11 is 0. The predicted octanol–water partition coefficient (Wildman–Crippen LogP) is 3.04. The van der Waals surface area contributed by atoms with E-state index in [1.165, 1.54) is 0 Å². The Morgan fingerprint density at radius 1 is 1.00 bits per heavy atom. The van der Waals surface area contributed by atoms with Gasteiger partial charge in [0.05, 0.1) is 37.1 Å². The Morgan fingerprint density at radius 3 is 2.32 bits per heavy atom. The van der Waals surface area contributed by atoms with Crippen molar-refractivity contribution in [1.29, 1.82) is 0 Å². The summed E-state index contributed by atoms with van der Waals surface area (Å²) in [6.07, 6.45) is -0.235. The third-order valence-electron chi connectivity index (χ3n) is 11.0. The number of fused-ring (bicyclic) bond motifs is 5. The van der Waals surface area contributed by atoms with E-state index in [9.17, 15) is 25.2 Å². The van der Waals surface area contributed by atoms with Crippen molar-refractivity contribution in [1.82, 2.24) is 0 Å². The molecular weight excluding hydrogens is 432 g/mol. The van der Waals surface area contributed by atoms with Gasteiger partial charge < -0.3 is 25.2 Å². The van der Waals surface area contributed by atoms with Crippen LogP contribution in [0, 0.1) is 58.7 Å². The molecule has 4 rings (SSSR count). The summed E-state index contributed by atoms with van der Waals surface area (Å²) in [7, 11) is 0. The molecule has 4 aliphatic rings. The number of ether oxygens (including phenoxy) is 1. The Labute approximate surface area is 205 Å². The van der Waals surface area contributed by atoms with Crippen molar-refractivity contribution in [2.75, 3.05) is 6.61 Å². The minimum atomic E-state index is -0.949. The Bertz CT molecular complexity index is 740. The summed E-state index contributed by atoms with van der Waals surface area (Å²) in [6, 6.07) is 0. The fourth-order valence-corrected chi connectivity index (χ4v) is 8.63. The van der Waals surface area contributed by atoms with Crippen molar-refractivity contribution in [2.45, 2.75) is 104 Å². The van der Waals surface area contributed by atoms with E-state index >= 15 is 0 Å². The normalized spacial score (nSPS) is 48.3. The van der Waals surface area contributed by atoms with E-state index in [4.69, 9.17) is 4.74 Å². The highest BCUT2D eigenvalue weighted by atomic mass is 16.5. The Kier molecular flexibility index (Phi) is 7.60. The number of aliphatic hydroxyl groups is 4. The summed E-state index contributed by atoms with van der Waals surface area (Å²) in [5, 5.41) is 45.3. The maximum Gasteiger partial charge on any atom is 0.133 e. The molecule has 0 spiro atoms. The van der Waals surface area contributed by atoms with Gasteiger partial charge in [-0.25, -0.2) is 0 Å². The fourth-order valence-electron chi connectivity index (χ4n) is 8.63. The lowest BCUT2D eigenvalue weighted by atomic mass is 9.49. The second-order valence-electron chi connectivity index (χ2n) is 13.1. The maximum atomic E-state index is 12.5. The van der Waals surface area contributed by atoms with Gasteiger partial charge in [-0.2, -0.15) is 0 Å². The zero-order valence-electron chi connectivity index (χ0n) is 21.9. The largest absolute Gasteiger partial charge is 0.390 e. The quantitative estimate of drug-likeness (QED) is 0.482. The molecule has 1 heterocycles. The van der Waals surface area contributed by atoms with Gasteiger partial charge in [0.15, 0.2) is 0 Å². The topological polar surface area (TPSA) is 107 Å². The number of hydrogen-bond donors (Lipinski definition) is 4. The van der Waals surface area contributed by atoms with Crippen molar-refractivity contribution in [3.8, 4) is 0 Å². The van der Waals surface area contributed by atoms with Crippen molar-refractivity contribution in [3.63, 3.8) is 0 Å². The van der Waals surface area contributed by atoms with E-state index in [-0.39, 0.29) is 70.6 Å². The highest BCUT2D eigenvalue weighted by molar-refractivity contribution is 5.79. The first-order valence-electron chi connectivity index (χ1n) is 13.8. The van der Waals surface area contributed by atoms with Crippen molar-refractivity contribution < 1.29 is 30.0 Å².